The zero-order chi connectivity index (χ0) is 24.1. The molecule has 0 radical (unpaired) electrons. The second-order valence-electron chi connectivity index (χ2n) is 8.27. The zero-order valence-electron chi connectivity index (χ0n) is 19.1. The van der Waals surface area contributed by atoms with E-state index >= 15 is 0 Å². The lowest BCUT2D eigenvalue weighted by molar-refractivity contribution is -0.117. The molecule has 1 N–H and O–H groups in total. The van der Waals surface area contributed by atoms with Gasteiger partial charge in [0, 0.05) is 12.2 Å². The Kier molecular flexibility index (Phi) is 7.15. The van der Waals surface area contributed by atoms with Crippen molar-refractivity contribution >= 4 is 29.3 Å². The topological polar surface area (TPSA) is 73.2 Å². The van der Waals surface area contributed by atoms with Crippen LogP contribution in [0.1, 0.15) is 22.3 Å². The van der Waals surface area contributed by atoms with Crippen LogP contribution in [0.3, 0.4) is 0 Å². The van der Waals surface area contributed by atoms with Gasteiger partial charge in [0.05, 0.1) is 5.25 Å². The van der Waals surface area contributed by atoms with Gasteiger partial charge in [0.25, 0.3) is 5.91 Å². The lowest BCUT2D eigenvalue weighted by Crippen LogP contribution is -2.32. The molecule has 4 rings (SSSR count). The van der Waals surface area contributed by atoms with Crippen LogP contribution in [0.5, 0.6) is 0 Å². The number of nitrogens with zero attached hydrogens (tertiary/aromatic N) is 2. The molecule has 3 aromatic carbocycles. The van der Waals surface area contributed by atoms with E-state index in [0.29, 0.717) is 23.7 Å². The number of anilines is 1. The predicted molar refractivity (Wildman–Crippen MR) is 136 cm³/mol. The Morgan fingerprint density at radius 2 is 1.56 bits per heavy atom. The molecule has 0 aliphatic carbocycles. The maximum absolute atomic E-state index is 13.5. The third-order valence-electron chi connectivity index (χ3n) is 5.64. The average molecular weight is 468 g/mol. The van der Waals surface area contributed by atoms with Crippen LogP contribution in [0, 0.1) is 25.2 Å². The molecule has 1 aliphatic heterocycles. The highest BCUT2D eigenvalue weighted by Gasteiger charge is 2.40. The molecule has 1 fully saturated rings. The molecule has 1 atom stereocenters. The Morgan fingerprint density at radius 1 is 0.941 bits per heavy atom. The summed E-state index contributed by atoms with van der Waals surface area (Å²) >= 11 is 1.28. The van der Waals surface area contributed by atoms with Gasteiger partial charge in [-0.1, -0.05) is 89.6 Å². The van der Waals surface area contributed by atoms with Gasteiger partial charge in [0.1, 0.15) is 16.7 Å². The molecule has 170 valence electrons. The third kappa shape index (κ3) is 5.22. The summed E-state index contributed by atoms with van der Waals surface area (Å²) in [4.78, 5) is 28.1. The number of carbonyl (C=O) groups excluding carboxylic acids is 2. The predicted octanol–water partition coefficient (Wildman–Crippen LogP) is 5.05. The SMILES string of the molecule is Cc1ccc(C[C@@H]2S/C(=C(/C#N)C(=O)NCc3ccccc3)N(c3ccc(C)cc3)C2=O)cc1. The highest BCUT2D eigenvalue weighted by Crippen LogP contribution is 2.42. The number of amides is 2. The summed E-state index contributed by atoms with van der Waals surface area (Å²) in [5.41, 5.74) is 4.77. The van der Waals surface area contributed by atoms with E-state index in [2.05, 4.69) is 11.4 Å². The van der Waals surface area contributed by atoms with E-state index in [1.54, 1.807) is 0 Å². The molecule has 0 unspecified atom stereocenters. The molecule has 1 heterocycles. The fourth-order valence-electron chi connectivity index (χ4n) is 3.72. The van der Waals surface area contributed by atoms with Crippen molar-refractivity contribution in [3.8, 4) is 6.07 Å². The van der Waals surface area contributed by atoms with Crippen molar-refractivity contribution in [3.05, 3.63) is 112 Å². The summed E-state index contributed by atoms with van der Waals surface area (Å²) in [6.07, 6.45) is 0.514. The van der Waals surface area contributed by atoms with Crippen molar-refractivity contribution in [1.82, 2.24) is 5.32 Å². The molecule has 0 bridgehead atoms. The van der Waals surface area contributed by atoms with E-state index in [0.717, 1.165) is 22.3 Å². The van der Waals surface area contributed by atoms with Gasteiger partial charge in [-0.05, 0) is 43.5 Å². The summed E-state index contributed by atoms with van der Waals surface area (Å²) in [6.45, 7) is 4.29. The van der Waals surface area contributed by atoms with Crippen LogP contribution in [-0.2, 0) is 22.6 Å². The van der Waals surface area contributed by atoms with E-state index in [9.17, 15) is 14.9 Å². The van der Waals surface area contributed by atoms with Crippen LogP contribution in [0.4, 0.5) is 5.69 Å². The molecule has 1 saturated heterocycles. The largest absolute Gasteiger partial charge is 0.347 e. The number of rotatable bonds is 6. The van der Waals surface area contributed by atoms with Crippen molar-refractivity contribution < 1.29 is 9.59 Å². The van der Waals surface area contributed by atoms with Crippen LogP contribution in [-0.4, -0.2) is 17.1 Å². The van der Waals surface area contributed by atoms with Crippen LogP contribution in [0.25, 0.3) is 0 Å². The Morgan fingerprint density at radius 3 is 2.18 bits per heavy atom. The maximum atomic E-state index is 13.5. The zero-order valence-corrected chi connectivity index (χ0v) is 19.9. The lowest BCUT2D eigenvalue weighted by atomic mass is 10.1. The Labute approximate surface area is 204 Å². The Hall–Kier alpha value is -3.82. The van der Waals surface area contributed by atoms with Gasteiger partial charge >= 0.3 is 0 Å². The molecule has 0 saturated carbocycles. The molecular weight excluding hydrogens is 442 g/mol. The fraction of sp³-hybridized carbons (Fsp3) is 0.179. The van der Waals surface area contributed by atoms with E-state index in [-0.39, 0.29) is 11.5 Å². The van der Waals surface area contributed by atoms with Gasteiger partial charge in [-0.25, -0.2) is 0 Å². The minimum atomic E-state index is -0.491. The van der Waals surface area contributed by atoms with E-state index in [4.69, 9.17) is 0 Å². The van der Waals surface area contributed by atoms with Crippen LogP contribution >= 0.6 is 11.8 Å². The van der Waals surface area contributed by atoms with Gasteiger partial charge < -0.3 is 5.32 Å². The number of aryl methyl sites for hydroxylation is 2. The molecule has 2 amide bonds. The molecule has 1 aliphatic rings. The first-order chi connectivity index (χ1) is 16.5. The lowest BCUT2D eigenvalue weighted by Gasteiger charge is -2.19. The van der Waals surface area contributed by atoms with Gasteiger partial charge in [0.15, 0.2) is 0 Å². The number of nitriles is 1. The number of hydrogen-bond acceptors (Lipinski definition) is 4. The molecule has 0 aromatic heterocycles. The Bertz CT molecular complexity index is 1260. The number of carbonyl (C=O) groups is 2. The van der Waals surface area contributed by atoms with Gasteiger partial charge in [-0.3, -0.25) is 14.5 Å². The van der Waals surface area contributed by atoms with Crippen molar-refractivity contribution in [1.29, 1.82) is 5.26 Å². The second-order valence-corrected chi connectivity index (χ2v) is 9.46. The number of nitrogens with one attached hydrogen (secondary N) is 1. The second kappa shape index (κ2) is 10.4. The quantitative estimate of drug-likeness (QED) is 0.407. The first kappa shape index (κ1) is 23.3. The fourth-order valence-corrected chi connectivity index (χ4v) is 5.03. The summed E-state index contributed by atoms with van der Waals surface area (Å²) in [6, 6.07) is 27.2. The minimum Gasteiger partial charge on any atom is -0.347 e. The molecule has 6 heteroatoms. The standard InChI is InChI=1S/C28H25N3O2S/c1-19-8-12-21(13-9-19)16-25-27(33)31(23-14-10-20(2)11-15-23)28(34-25)24(17-29)26(32)30-18-22-6-4-3-5-7-22/h3-15,25H,16,18H2,1-2H3,(H,30,32)/b28-24-/t25-/m0/s1. The molecule has 3 aromatic rings. The number of thioether (sulfide) groups is 1. The summed E-state index contributed by atoms with van der Waals surface area (Å²) in [7, 11) is 0. The van der Waals surface area contributed by atoms with Crippen LogP contribution in [0.15, 0.2) is 89.5 Å². The van der Waals surface area contributed by atoms with Crippen molar-refractivity contribution in [3.63, 3.8) is 0 Å². The van der Waals surface area contributed by atoms with E-state index in [1.807, 2.05) is 92.7 Å². The first-order valence-corrected chi connectivity index (χ1v) is 11.9. The van der Waals surface area contributed by atoms with Gasteiger partial charge in [-0.15, -0.1) is 0 Å². The van der Waals surface area contributed by atoms with Crippen molar-refractivity contribution in [2.75, 3.05) is 4.90 Å². The summed E-state index contributed by atoms with van der Waals surface area (Å²) in [5, 5.41) is 12.7. The minimum absolute atomic E-state index is 0.0544. The third-order valence-corrected chi connectivity index (χ3v) is 6.90. The number of benzene rings is 3. The van der Waals surface area contributed by atoms with Crippen molar-refractivity contribution in [2.24, 2.45) is 0 Å². The normalized spacial score (nSPS) is 16.8. The maximum Gasteiger partial charge on any atom is 0.264 e. The van der Waals surface area contributed by atoms with Crippen LogP contribution < -0.4 is 10.2 Å². The highest BCUT2D eigenvalue weighted by molar-refractivity contribution is 8.05. The van der Waals surface area contributed by atoms with Crippen LogP contribution in [0.2, 0.25) is 0 Å². The van der Waals surface area contributed by atoms with E-state index in [1.165, 1.54) is 16.7 Å². The number of hydrogen-bond donors (Lipinski definition) is 1. The summed E-state index contributed by atoms with van der Waals surface area (Å²) in [5.74, 6) is -0.622. The monoisotopic (exact) mass is 467 g/mol. The highest BCUT2D eigenvalue weighted by atomic mass is 32.2. The average Bonchev–Trinajstić information content (AvgIpc) is 3.16. The first-order valence-electron chi connectivity index (χ1n) is 11.1. The smallest absolute Gasteiger partial charge is 0.264 e. The van der Waals surface area contributed by atoms with E-state index < -0.39 is 11.2 Å². The molecule has 0 spiro atoms. The molecular formula is C28H25N3O2S. The van der Waals surface area contributed by atoms with Crippen molar-refractivity contribution in [2.45, 2.75) is 32.1 Å². The summed E-state index contributed by atoms with van der Waals surface area (Å²) < 4.78 is 0. The van der Waals surface area contributed by atoms with Gasteiger partial charge in [-0.2, -0.15) is 5.26 Å². The Balaban J connectivity index is 1.66. The molecule has 5 nitrogen and oxygen atoms in total. The van der Waals surface area contributed by atoms with Gasteiger partial charge in [0.2, 0.25) is 5.91 Å². The molecule has 34 heavy (non-hydrogen) atoms.